The molecule has 0 saturated heterocycles. The molecule has 1 N–H and O–H groups in total. The fourth-order valence-corrected chi connectivity index (χ4v) is 3.21. The van der Waals surface area contributed by atoms with Crippen molar-refractivity contribution in [1.82, 2.24) is 5.32 Å². The fraction of sp³-hybridized carbons (Fsp3) is 0.682. The molecule has 1 aromatic carbocycles. The highest BCUT2D eigenvalue weighted by Crippen LogP contribution is 2.38. The number of hydrogen-bond donors (Lipinski definition) is 1. The minimum Gasteiger partial charge on any atom is -0.307 e. The monoisotopic (exact) mass is 420 g/mol. The molecule has 1 atom stereocenters. The summed E-state index contributed by atoms with van der Waals surface area (Å²) in [6, 6.07) is 2.70. The number of nitrogens with zero attached hydrogens (tertiary/aromatic N) is 1. The lowest BCUT2D eigenvalue weighted by Crippen LogP contribution is -2.41. The van der Waals surface area contributed by atoms with E-state index in [0.717, 1.165) is 24.3 Å². The number of rotatable bonds is 8. The van der Waals surface area contributed by atoms with Gasteiger partial charge in [0.15, 0.2) is 0 Å². The van der Waals surface area contributed by atoms with Crippen molar-refractivity contribution in [3.63, 3.8) is 0 Å². The molecule has 0 heterocycles. The van der Waals surface area contributed by atoms with E-state index in [4.69, 9.17) is 0 Å². The van der Waals surface area contributed by atoms with Gasteiger partial charge in [-0.3, -0.25) is 4.99 Å². The SMILES string of the molecule is CC(=NC(C)(C)c1cc(C(C)(F)F)cc(C(F)(F)F)c1)C(CC(C)C)NC(C)C. The van der Waals surface area contributed by atoms with Crippen molar-refractivity contribution in [3.8, 4) is 0 Å². The van der Waals surface area contributed by atoms with Crippen molar-refractivity contribution in [3.05, 3.63) is 34.9 Å². The van der Waals surface area contributed by atoms with E-state index in [1.807, 2.05) is 20.8 Å². The predicted molar refractivity (Wildman–Crippen MR) is 109 cm³/mol. The van der Waals surface area contributed by atoms with E-state index in [1.54, 1.807) is 13.8 Å². The Labute approximate surface area is 171 Å². The molecular weight excluding hydrogens is 387 g/mol. The summed E-state index contributed by atoms with van der Waals surface area (Å²) in [6.07, 6.45) is -3.91. The number of benzene rings is 1. The largest absolute Gasteiger partial charge is 0.416 e. The molecule has 0 radical (unpaired) electrons. The lowest BCUT2D eigenvalue weighted by atomic mass is 9.89. The van der Waals surface area contributed by atoms with Gasteiger partial charge in [-0.25, -0.2) is 8.78 Å². The molecule has 29 heavy (non-hydrogen) atoms. The van der Waals surface area contributed by atoms with Crippen molar-refractivity contribution in [2.45, 2.75) is 91.5 Å². The summed E-state index contributed by atoms with van der Waals surface area (Å²) in [5.41, 5.74) is -2.01. The summed E-state index contributed by atoms with van der Waals surface area (Å²) in [5.74, 6) is -3.00. The van der Waals surface area contributed by atoms with Gasteiger partial charge in [0.25, 0.3) is 5.92 Å². The van der Waals surface area contributed by atoms with Gasteiger partial charge < -0.3 is 5.32 Å². The maximum absolute atomic E-state index is 13.9. The van der Waals surface area contributed by atoms with Crippen LogP contribution in [0.15, 0.2) is 23.2 Å². The molecule has 0 aliphatic heterocycles. The molecule has 0 bridgehead atoms. The first-order valence-electron chi connectivity index (χ1n) is 9.87. The molecule has 0 saturated carbocycles. The third-order valence-electron chi connectivity index (χ3n) is 4.68. The third kappa shape index (κ3) is 7.68. The Hall–Kier alpha value is -1.50. The predicted octanol–water partition coefficient (Wildman–Crippen LogP) is 6.93. The van der Waals surface area contributed by atoms with E-state index >= 15 is 0 Å². The highest BCUT2D eigenvalue weighted by atomic mass is 19.4. The van der Waals surface area contributed by atoms with Gasteiger partial charge in [-0.2, -0.15) is 13.2 Å². The second-order valence-electron chi connectivity index (χ2n) is 9.00. The molecule has 0 amide bonds. The molecule has 1 aromatic rings. The summed E-state index contributed by atoms with van der Waals surface area (Å²) in [7, 11) is 0. The summed E-state index contributed by atoms with van der Waals surface area (Å²) in [5, 5.41) is 3.43. The molecule has 1 rings (SSSR count). The van der Waals surface area contributed by atoms with Crippen LogP contribution >= 0.6 is 0 Å². The molecule has 166 valence electrons. The van der Waals surface area contributed by atoms with Crippen molar-refractivity contribution < 1.29 is 22.0 Å². The van der Waals surface area contributed by atoms with E-state index in [0.29, 0.717) is 18.9 Å². The quantitative estimate of drug-likeness (QED) is 0.358. The highest BCUT2D eigenvalue weighted by Gasteiger charge is 2.36. The highest BCUT2D eigenvalue weighted by molar-refractivity contribution is 5.87. The smallest absolute Gasteiger partial charge is 0.307 e. The summed E-state index contributed by atoms with van der Waals surface area (Å²) < 4.78 is 67.6. The second kappa shape index (κ2) is 9.11. The molecule has 0 aromatic heterocycles. The topological polar surface area (TPSA) is 24.4 Å². The Kier molecular flexibility index (Phi) is 8.02. The molecule has 2 nitrogen and oxygen atoms in total. The lowest BCUT2D eigenvalue weighted by molar-refractivity contribution is -0.137. The number of hydrogen-bond acceptors (Lipinski definition) is 2. The van der Waals surface area contributed by atoms with Crippen molar-refractivity contribution in [2.75, 3.05) is 0 Å². The molecule has 0 aliphatic carbocycles. The average molecular weight is 421 g/mol. The first-order valence-corrected chi connectivity index (χ1v) is 9.87. The molecule has 1 unspecified atom stereocenters. The first kappa shape index (κ1) is 25.5. The summed E-state index contributed by atoms with van der Waals surface area (Å²) in [4.78, 5) is 4.67. The van der Waals surface area contributed by atoms with Crippen LogP contribution in [0.2, 0.25) is 0 Å². The van der Waals surface area contributed by atoms with Crippen LogP contribution in [0.5, 0.6) is 0 Å². The Morgan fingerprint density at radius 3 is 1.79 bits per heavy atom. The Morgan fingerprint density at radius 2 is 1.38 bits per heavy atom. The van der Waals surface area contributed by atoms with Gasteiger partial charge in [-0.15, -0.1) is 0 Å². The fourth-order valence-electron chi connectivity index (χ4n) is 3.21. The van der Waals surface area contributed by atoms with Crippen molar-refractivity contribution >= 4 is 5.71 Å². The average Bonchev–Trinajstić information content (AvgIpc) is 2.50. The summed E-state index contributed by atoms with van der Waals surface area (Å²) >= 11 is 0. The Bertz CT molecular complexity index is 671. The van der Waals surface area contributed by atoms with E-state index < -0.39 is 28.8 Å². The van der Waals surface area contributed by atoms with Crippen LogP contribution in [0.3, 0.4) is 0 Å². The third-order valence-corrected chi connectivity index (χ3v) is 4.68. The Balaban J connectivity index is 3.47. The molecule has 7 heteroatoms. The lowest BCUT2D eigenvalue weighted by Gasteiger charge is -2.29. The second-order valence-corrected chi connectivity index (χ2v) is 9.00. The van der Waals surface area contributed by atoms with E-state index in [-0.39, 0.29) is 17.6 Å². The molecule has 0 fully saturated rings. The Morgan fingerprint density at radius 1 is 0.897 bits per heavy atom. The van der Waals surface area contributed by atoms with Crippen molar-refractivity contribution in [1.29, 1.82) is 0 Å². The summed E-state index contributed by atoms with van der Waals surface area (Å²) in [6.45, 7) is 13.9. The maximum Gasteiger partial charge on any atom is 0.416 e. The van der Waals surface area contributed by atoms with Gasteiger partial charge in [0.05, 0.1) is 11.1 Å². The maximum atomic E-state index is 13.9. The van der Waals surface area contributed by atoms with Crippen LogP contribution in [0, 0.1) is 5.92 Å². The van der Waals surface area contributed by atoms with Crippen molar-refractivity contribution in [2.24, 2.45) is 10.9 Å². The number of nitrogens with one attached hydrogen (secondary N) is 1. The van der Waals surface area contributed by atoms with Gasteiger partial charge in [-0.05, 0) is 56.9 Å². The van der Waals surface area contributed by atoms with Crippen LogP contribution in [0.4, 0.5) is 22.0 Å². The van der Waals surface area contributed by atoms with Gasteiger partial charge >= 0.3 is 6.18 Å². The number of aliphatic imine (C=N–C) groups is 1. The molecular formula is C22H33F5N2. The van der Waals surface area contributed by atoms with E-state index in [9.17, 15) is 22.0 Å². The minimum atomic E-state index is -4.72. The van der Waals surface area contributed by atoms with E-state index in [2.05, 4.69) is 24.2 Å². The van der Waals surface area contributed by atoms with Gasteiger partial charge in [0.1, 0.15) is 0 Å². The van der Waals surface area contributed by atoms with Crippen LogP contribution in [0.25, 0.3) is 0 Å². The molecule has 0 aliphatic rings. The molecule has 0 spiro atoms. The zero-order valence-electron chi connectivity index (χ0n) is 18.5. The minimum absolute atomic E-state index is 0.0489. The number of alkyl halides is 5. The van der Waals surface area contributed by atoms with Gasteiger partial charge in [0, 0.05) is 30.3 Å². The van der Waals surface area contributed by atoms with Crippen LogP contribution < -0.4 is 5.32 Å². The van der Waals surface area contributed by atoms with Gasteiger partial charge in [0.2, 0.25) is 0 Å². The van der Waals surface area contributed by atoms with Gasteiger partial charge in [-0.1, -0.05) is 27.7 Å². The van der Waals surface area contributed by atoms with Crippen LogP contribution in [-0.2, 0) is 17.6 Å². The number of halogens is 5. The first-order chi connectivity index (χ1) is 12.9. The standard InChI is InChI=1S/C22H33F5N2/c1-13(2)9-19(28-14(3)4)15(5)29-20(6,7)16-10-17(21(8,23)24)12-18(11-16)22(25,26)27/h10-14,19,28H,9H2,1-8H3. The zero-order chi connectivity index (χ0) is 22.8. The van der Waals surface area contributed by atoms with E-state index in [1.165, 1.54) is 0 Å². The normalized spacial score (nSPS) is 15.3. The zero-order valence-corrected chi connectivity index (χ0v) is 18.5. The van der Waals surface area contributed by atoms with Crippen LogP contribution in [0.1, 0.15) is 78.5 Å². The van der Waals surface area contributed by atoms with Crippen LogP contribution in [-0.4, -0.2) is 17.8 Å².